The van der Waals surface area contributed by atoms with Gasteiger partial charge < -0.3 is 10.1 Å². The van der Waals surface area contributed by atoms with E-state index >= 15 is 0 Å². The zero-order valence-electron chi connectivity index (χ0n) is 9.93. The van der Waals surface area contributed by atoms with Gasteiger partial charge in [-0.25, -0.2) is 0 Å². The molecule has 0 unspecified atom stereocenters. The van der Waals surface area contributed by atoms with Crippen molar-refractivity contribution in [2.24, 2.45) is 0 Å². The molecule has 86 valence electrons. The van der Waals surface area contributed by atoms with Crippen molar-refractivity contribution >= 4 is 5.91 Å². The third-order valence-electron chi connectivity index (χ3n) is 2.92. The number of carbonyl (C=O) groups is 1. The van der Waals surface area contributed by atoms with Crippen LogP contribution in [0.2, 0.25) is 0 Å². The van der Waals surface area contributed by atoms with Crippen molar-refractivity contribution in [2.75, 3.05) is 13.7 Å². The van der Waals surface area contributed by atoms with Crippen LogP contribution in [-0.2, 0) is 9.53 Å². The summed E-state index contributed by atoms with van der Waals surface area (Å²) in [7, 11) is 1.55. The lowest BCUT2D eigenvalue weighted by Gasteiger charge is -2.21. The van der Waals surface area contributed by atoms with E-state index in [9.17, 15) is 4.79 Å². The second kappa shape index (κ2) is 5.31. The lowest BCUT2D eigenvalue weighted by Crippen LogP contribution is -2.43. The first kappa shape index (κ1) is 12.2. The van der Waals surface area contributed by atoms with Crippen LogP contribution in [0, 0.1) is 0 Å². The zero-order valence-corrected chi connectivity index (χ0v) is 9.93. The zero-order chi connectivity index (χ0) is 11.3. The van der Waals surface area contributed by atoms with E-state index in [-0.39, 0.29) is 5.91 Å². The number of hydrogen-bond acceptors (Lipinski definition) is 2. The average molecular weight is 211 g/mol. The van der Waals surface area contributed by atoms with E-state index in [4.69, 9.17) is 4.74 Å². The van der Waals surface area contributed by atoms with Crippen LogP contribution in [-0.4, -0.2) is 25.2 Å². The standard InChI is InChI=1S/C12H21NO2/c1-12(2,15-3)11(14)13-9-8-10-6-4-5-7-10/h6H,4-5,7-9H2,1-3H3,(H,13,14). The predicted octanol–water partition coefficient (Wildman–Crippen LogP) is 2.03. The van der Waals surface area contributed by atoms with Gasteiger partial charge in [0.2, 0.25) is 0 Å². The highest BCUT2D eigenvalue weighted by Gasteiger charge is 2.26. The molecule has 0 saturated heterocycles. The molecule has 0 aliphatic heterocycles. The van der Waals surface area contributed by atoms with Gasteiger partial charge in [-0.2, -0.15) is 0 Å². The largest absolute Gasteiger partial charge is 0.369 e. The van der Waals surface area contributed by atoms with E-state index in [0.717, 1.165) is 13.0 Å². The summed E-state index contributed by atoms with van der Waals surface area (Å²) in [5.74, 6) is -0.0383. The van der Waals surface area contributed by atoms with E-state index < -0.39 is 5.60 Å². The van der Waals surface area contributed by atoms with Crippen LogP contribution < -0.4 is 5.32 Å². The number of methoxy groups -OCH3 is 1. The van der Waals surface area contributed by atoms with Crippen molar-refractivity contribution in [3.8, 4) is 0 Å². The van der Waals surface area contributed by atoms with E-state index in [1.54, 1.807) is 21.0 Å². The van der Waals surface area contributed by atoms with Crippen molar-refractivity contribution in [1.29, 1.82) is 0 Å². The summed E-state index contributed by atoms with van der Waals surface area (Å²) < 4.78 is 5.10. The van der Waals surface area contributed by atoms with Gasteiger partial charge in [-0.3, -0.25) is 4.79 Å². The quantitative estimate of drug-likeness (QED) is 0.707. The molecule has 0 aromatic heterocycles. The van der Waals surface area contributed by atoms with Crippen LogP contribution in [0.15, 0.2) is 11.6 Å². The molecule has 0 atom stereocenters. The molecule has 1 rings (SSSR count). The molecule has 0 aromatic carbocycles. The molecule has 1 aliphatic rings. The van der Waals surface area contributed by atoms with Crippen LogP contribution in [0.5, 0.6) is 0 Å². The third kappa shape index (κ3) is 3.67. The normalized spacial score (nSPS) is 16.3. The Morgan fingerprint density at radius 1 is 1.60 bits per heavy atom. The number of allylic oxidation sites excluding steroid dienone is 1. The molecule has 0 aromatic rings. The Kier molecular flexibility index (Phi) is 4.33. The highest BCUT2D eigenvalue weighted by Crippen LogP contribution is 2.19. The van der Waals surface area contributed by atoms with Crippen molar-refractivity contribution in [1.82, 2.24) is 5.32 Å². The number of rotatable bonds is 5. The molecular formula is C12H21NO2. The second-order valence-electron chi connectivity index (χ2n) is 4.47. The average Bonchev–Trinajstić information content (AvgIpc) is 2.70. The maximum absolute atomic E-state index is 11.6. The fourth-order valence-corrected chi connectivity index (χ4v) is 1.61. The first-order valence-electron chi connectivity index (χ1n) is 5.57. The fraction of sp³-hybridized carbons (Fsp3) is 0.750. The van der Waals surface area contributed by atoms with E-state index in [1.165, 1.54) is 24.8 Å². The Morgan fingerprint density at radius 3 is 2.87 bits per heavy atom. The molecule has 0 spiro atoms. The van der Waals surface area contributed by atoms with E-state index in [0.29, 0.717) is 0 Å². The molecule has 0 radical (unpaired) electrons. The number of amides is 1. The summed E-state index contributed by atoms with van der Waals surface area (Å²) in [6, 6.07) is 0. The highest BCUT2D eigenvalue weighted by molar-refractivity contribution is 5.84. The third-order valence-corrected chi connectivity index (χ3v) is 2.92. The smallest absolute Gasteiger partial charge is 0.251 e. The molecule has 3 nitrogen and oxygen atoms in total. The Hall–Kier alpha value is -0.830. The first-order valence-corrected chi connectivity index (χ1v) is 5.57. The van der Waals surface area contributed by atoms with Crippen molar-refractivity contribution < 1.29 is 9.53 Å². The maximum Gasteiger partial charge on any atom is 0.251 e. The monoisotopic (exact) mass is 211 g/mol. The van der Waals surface area contributed by atoms with Crippen molar-refractivity contribution in [3.63, 3.8) is 0 Å². The van der Waals surface area contributed by atoms with E-state index in [1.807, 2.05) is 0 Å². The number of hydrogen-bond donors (Lipinski definition) is 1. The van der Waals surface area contributed by atoms with Gasteiger partial charge in [0, 0.05) is 13.7 Å². The minimum absolute atomic E-state index is 0.0383. The molecule has 0 heterocycles. The van der Waals surface area contributed by atoms with Gasteiger partial charge in [0.1, 0.15) is 5.60 Å². The van der Waals surface area contributed by atoms with E-state index in [2.05, 4.69) is 11.4 Å². The van der Waals surface area contributed by atoms with Gasteiger partial charge in [-0.15, -0.1) is 0 Å². The Labute approximate surface area is 91.9 Å². The molecule has 3 heteroatoms. The highest BCUT2D eigenvalue weighted by atomic mass is 16.5. The maximum atomic E-state index is 11.6. The van der Waals surface area contributed by atoms with Gasteiger partial charge >= 0.3 is 0 Å². The molecule has 0 saturated carbocycles. The topological polar surface area (TPSA) is 38.3 Å². The summed E-state index contributed by atoms with van der Waals surface area (Å²) in [6.45, 7) is 4.27. The van der Waals surface area contributed by atoms with Crippen LogP contribution in [0.3, 0.4) is 0 Å². The predicted molar refractivity (Wildman–Crippen MR) is 60.6 cm³/mol. The van der Waals surface area contributed by atoms with Gasteiger partial charge in [0.25, 0.3) is 5.91 Å². The minimum atomic E-state index is -0.718. The SMILES string of the molecule is COC(C)(C)C(=O)NCCC1=CCCC1. The Morgan fingerprint density at radius 2 is 2.33 bits per heavy atom. The molecule has 1 N–H and O–H groups in total. The molecule has 15 heavy (non-hydrogen) atoms. The Balaban J connectivity index is 2.22. The fourth-order valence-electron chi connectivity index (χ4n) is 1.61. The molecule has 0 bridgehead atoms. The van der Waals surface area contributed by atoms with Gasteiger partial charge in [-0.05, 0) is 39.5 Å². The van der Waals surface area contributed by atoms with Crippen LogP contribution in [0.1, 0.15) is 39.5 Å². The molecule has 1 amide bonds. The summed E-state index contributed by atoms with van der Waals surface area (Å²) in [6.07, 6.45) is 6.93. The van der Waals surface area contributed by atoms with Crippen LogP contribution >= 0.6 is 0 Å². The number of nitrogens with one attached hydrogen (secondary N) is 1. The van der Waals surface area contributed by atoms with Gasteiger partial charge in [0.05, 0.1) is 0 Å². The molecule has 0 fully saturated rings. The van der Waals surface area contributed by atoms with Crippen LogP contribution in [0.4, 0.5) is 0 Å². The van der Waals surface area contributed by atoms with Gasteiger partial charge in [-0.1, -0.05) is 11.6 Å². The first-order chi connectivity index (χ1) is 7.06. The second-order valence-corrected chi connectivity index (χ2v) is 4.47. The summed E-state index contributed by atoms with van der Waals surface area (Å²) in [5, 5.41) is 2.90. The molecular weight excluding hydrogens is 190 g/mol. The Bertz CT molecular complexity index is 256. The summed E-state index contributed by atoms with van der Waals surface area (Å²) in [4.78, 5) is 11.6. The van der Waals surface area contributed by atoms with Crippen molar-refractivity contribution in [3.05, 3.63) is 11.6 Å². The minimum Gasteiger partial charge on any atom is -0.369 e. The summed E-state index contributed by atoms with van der Waals surface area (Å²) >= 11 is 0. The number of ether oxygens (including phenoxy) is 1. The number of carbonyl (C=O) groups excluding carboxylic acids is 1. The lowest BCUT2D eigenvalue weighted by molar-refractivity contribution is -0.139. The lowest BCUT2D eigenvalue weighted by atomic mass is 10.1. The molecule has 1 aliphatic carbocycles. The van der Waals surface area contributed by atoms with Crippen LogP contribution in [0.25, 0.3) is 0 Å². The van der Waals surface area contributed by atoms with Gasteiger partial charge in [0.15, 0.2) is 0 Å². The summed E-state index contributed by atoms with van der Waals surface area (Å²) in [5.41, 5.74) is 0.759. The van der Waals surface area contributed by atoms with Crippen molar-refractivity contribution in [2.45, 2.75) is 45.1 Å².